The van der Waals surface area contributed by atoms with Crippen molar-refractivity contribution in [2.75, 3.05) is 11.3 Å². The van der Waals surface area contributed by atoms with Crippen LogP contribution in [0.4, 0.5) is 5.69 Å². The first kappa shape index (κ1) is 12.8. The monoisotopic (exact) mass is 244 g/mol. The Kier molecular flexibility index (Phi) is 4.14. The third kappa shape index (κ3) is 4.08. The predicted molar refractivity (Wildman–Crippen MR) is 63.7 cm³/mol. The van der Waals surface area contributed by atoms with Crippen molar-refractivity contribution in [2.24, 2.45) is 5.14 Å². The lowest BCUT2D eigenvalue weighted by Crippen LogP contribution is -2.22. The molecule has 0 unspecified atom stereocenters. The number of ether oxygens (including phenoxy) is 1. The van der Waals surface area contributed by atoms with Crippen LogP contribution in [0.15, 0.2) is 18.2 Å². The molecule has 0 amide bonds. The van der Waals surface area contributed by atoms with Crippen molar-refractivity contribution in [3.8, 4) is 5.75 Å². The van der Waals surface area contributed by atoms with Crippen molar-refractivity contribution in [3.63, 3.8) is 0 Å². The molecule has 5 nitrogen and oxygen atoms in total. The summed E-state index contributed by atoms with van der Waals surface area (Å²) < 4.78 is 29.5. The smallest absolute Gasteiger partial charge is 0.296 e. The number of hydrogen-bond donors (Lipinski definition) is 2. The summed E-state index contributed by atoms with van der Waals surface area (Å²) in [6.07, 6.45) is 0.850. The lowest BCUT2D eigenvalue weighted by Gasteiger charge is -2.12. The van der Waals surface area contributed by atoms with Crippen LogP contribution in [0.3, 0.4) is 0 Å². The minimum absolute atomic E-state index is 0.363. The molecule has 0 saturated carbocycles. The van der Waals surface area contributed by atoms with E-state index in [0.717, 1.165) is 12.0 Å². The summed E-state index contributed by atoms with van der Waals surface area (Å²) in [5, 5.41) is 4.91. The van der Waals surface area contributed by atoms with Crippen molar-refractivity contribution in [2.45, 2.75) is 20.3 Å². The van der Waals surface area contributed by atoms with Crippen molar-refractivity contribution in [1.82, 2.24) is 0 Å². The van der Waals surface area contributed by atoms with Crippen molar-refractivity contribution >= 4 is 15.9 Å². The van der Waals surface area contributed by atoms with Gasteiger partial charge >= 0.3 is 0 Å². The second-order valence-electron chi connectivity index (χ2n) is 3.50. The van der Waals surface area contributed by atoms with Crippen LogP contribution >= 0.6 is 0 Å². The second kappa shape index (κ2) is 5.18. The van der Waals surface area contributed by atoms with Gasteiger partial charge in [-0.15, -0.1) is 0 Å². The summed E-state index contributed by atoms with van der Waals surface area (Å²) in [4.78, 5) is 0. The van der Waals surface area contributed by atoms with Crippen LogP contribution in [0.1, 0.15) is 18.9 Å². The summed E-state index contributed by atoms with van der Waals surface area (Å²) >= 11 is 0. The highest BCUT2D eigenvalue weighted by Crippen LogP contribution is 2.26. The zero-order chi connectivity index (χ0) is 12.2. The van der Waals surface area contributed by atoms with Gasteiger partial charge in [-0.05, 0) is 31.0 Å². The van der Waals surface area contributed by atoms with Crippen LogP contribution in [0.2, 0.25) is 0 Å². The quantitative estimate of drug-likeness (QED) is 0.821. The van der Waals surface area contributed by atoms with Crippen LogP contribution in [-0.4, -0.2) is 15.0 Å². The molecule has 6 heteroatoms. The fourth-order valence-corrected chi connectivity index (χ4v) is 1.67. The third-order valence-electron chi connectivity index (χ3n) is 1.85. The van der Waals surface area contributed by atoms with Gasteiger partial charge in [0.25, 0.3) is 10.2 Å². The number of hydrogen-bond acceptors (Lipinski definition) is 3. The highest BCUT2D eigenvalue weighted by molar-refractivity contribution is 7.90. The molecule has 90 valence electrons. The van der Waals surface area contributed by atoms with E-state index in [4.69, 9.17) is 9.88 Å². The minimum Gasteiger partial charge on any atom is -0.491 e. The first-order valence-corrected chi connectivity index (χ1v) is 6.51. The average molecular weight is 244 g/mol. The molecule has 0 aliphatic rings. The Bertz CT molecular complexity index is 457. The Morgan fingerprint density at radius 3 is 2.69 bits per heavy atom. The van der Waals surface area contributed by atoms with Gasteiger partial charge in [0.15, 0.2) is 0 Å². The Balaban J connectivity index is 2.98. The van der Waals surface area contributed by atoms with Gasteiger partial charge in [-0.25, -0.2) is 5.14 Å². The average Bonchev–Trinajstić information content (AvgIpc) is 2.16. The van der Waals surface area contributed by atoms with Crippen molar-refractivity contribution < 1.29 is 13.2 Å². The number of anilines is 1. The molecule has 0 heterocycles. The maximum atomic E-state index is 10.9. The van der Waals surface area contributed by atoms with E-state index in [1.807, 2.05) is 13.8 Å². The maximum Gasteiger partial charge on any atom is 0.296 e. The molecule has 0 spiro atoms. The molecule has 0 aliphatic heterocycles. The lowest BCUT2D eigenvalue weighted by molar-refractivity contribution is 0.319. The van der Waals surface area contributed by atoms with Crippen LogP contribution in [0.5, 0.6) is 5.75 Å². The molecule has 0 bridgehead atoms. The van der Waals surface area contributed by atoms with Gasteiger partial charge in [-0.1, -0.05) is 13.0 Å². The first-order chi connectivity index (χ1) is 7.42. The predicted octanol–water partition coefficient (Wildman–Crippen LogP) is 1.40. The molecule has 0 saturated heterocycles. The third-order valence-corrected chi connectivity index (χ3v) is 2.36. The van der Waals surface area contributed by atoms with Gasteiger partial charge in [-0.2, -0.15) is 8.42 Å². The van der Waals surface area contributed by atoms with E-state index in [9.17, 15) is 8.42 Å². The molecule has 0 atom stereocenters. The van der Waals surface area contributed by atoms with E-state index in [2.05, 4.69) is 4.72 Å². The number of nitrogens with one attached hydrogen (secondary N) is 1. The molecule has 1 aromatic rings. The van der Waals surface area contributed by atoms with Crippen molar-refractivity contribution in [3.05, 3.63) is 23.8 Å². The number of benzene rings is 1. The Morgan fingerprint density at radius 1 is 1.44 bits per heavy atom. The van der Waals surface area contributed by atoms with E-state index in [-0.39, 0.29) is 0 Å². The summed E-state index contributed by atoms with van der Waals surface area (Å²) in [6.45, 7) is 4.41. The summed E-state index contributed by atoms with van der Waals surface area (Å²) in [6, 6.07) is 5.18. The SMILES string of the molecule is CCCOc1cc(C)ccc1NS(N)(=O)=O. The summed E-state index contributed by atoms with van der Waals surface area (Å²) in [7, 11) is -3.77. The Morgan fingerprint density at radius 2 is 2.12 bits per heavy atom. The van der Waals surface area contributed by atoms with Crippen LogP contribution in [0, 0.1) is 6.92 Å². The Hall–Kier alpha value is -1.27. The molecule has 3 N–H and O–H groups in total. The van der Waals surface area contributed by atoms with Crippen LogP contribution < -0.4 is 14.6 Å². The lowest BCUT2D eigenvalue weighted by atomic mass is 10.2. The molecule has 1 rings (SSSR count). The number of nitrogens with two attached hydrogens (primary N) is 1. The molecule has 0 aliphatic carbocycles. The van der Waals surface area contributed by atoms with Crippen molar-refractivity contribution in [1.29, 1.82) is 0 Å². The molecular formula is C10H16N2O3S. The highest BCUT2D eigenvalue weighted by atomic mass is 32.2. The van der Waals surface area contributed by atoms with E-state index in [1.165, 1.54) is 0 Å². The fraction of sp³-hybridized carbons (Fsp3) is 0.400. The van der Waals surface area contributed by atoms with Gasteiger partial charge in [-0.3, -0.25) is 4.72 Å². The topological polar surface area (TPSA) is 81.4 Å². The van der Waals surface area contributed by atoms with Gasteiger partial charge in [0, 0.05) is 0 Å². The summed E-state index contributed by atoms with van der Waals surface area (Å²) in [5.74, 6) is 0.496. The normalized spacial score (nSPS) is 11.2. The number of rotatable bonds is 5. The highest BCUT2D eigenvalue weighted by Gasteiger charge is 2.08. The van der Waals surface area contributed by atoms with Crippen LogP contribution in [0.25, 0.3) is 0 Å². The summed E-state index contributed by atoms with van der Waals surface area (Å²) in [5.41, 5.74) is 1.35. The molecule has 0 radical (unpaired) electrons. The van der Waals surface area contributed by atoms with Gasteiger partial charge in [0.2, 0.25) is 0 Å². The minimum atomic E-state index is -3.77. The molecule has 0 aromatic heterocycles. The molecule has 16 heavy (non-hydrogen) atoms. The van der Waals surface area contributed by atoms with E-state index < -0.39 is 10.2 Å². The van der Waals surface area contributed by atoms with Gasteiger partial charge in [0.05, 0.1) is 12.3 Å². The fourth-order valence-electron chi connectivity index (χ4n) is 1.20. The van der Waals surface area contributed by atoms with E-state index >= 15 is 0 Å². The first-order valence-electron chi connectivity index (χ1n) is 4.96. The Labute approximate surface area is 95.8 Å². The largest absolute Gasteiger partial charge is 0.491 e. The molecule has 0 fully saturated rings. The molecular weight excluding hydrogens is 228 g/mol. The van der Waals surface area contributed by atoms with Gasteiger partial charge in [0.1, 0.15) is 5.75 Å². The van der Waals surface area contributed by atoms with Crippen LogP contribution in [-0.2, 0) is 10.2 Å². The maximum absolute atomic E-state index is 10.9. The zero-order valence-electron chi connectivity index (χ0n) is 9.36. The zero-order valence-corrected chi connectivity index (χ0v) is 10.2. The van der Waals surface area contributed by atoms with Gasteiger partial charge < -0.3 is 4.74 Å². The standard InChI is InChI=1S/C10H16N2O3S/c1-3-6-15-10-7-8(2)4-5-9(10)12-16(11,13)14/h4-5,7,12H,3,6H2,1-2H3,(H2,11,13,14). The second-order valence-corrected chi connectivity index (χ2v) is 4.79. The van der Waals surface area contributed by atoms with E-state index in [0.29, 0.717) is 18.0 Å². The number of aryl methyl sites for hydroxylation is 1. The van der Waals surface area contributed by atoms with E-state index in [1.54, 1.807) is 18.2 Å². The molecule has 1 aromatic carbocycles.